The van der Waals surface area contributed by atoms with Gasteiger partial charge in [-0.05, 0) is 31.5 Å². The lowest BCUT2D eigenvalue weighted by Gasteiger charge is -2.00. The number of nitrogens with two attached hydrogens (primary N) is 1. The summed E-state index contributed by atoms with van der Waals surface area (Å²) in [4.78, 5) is 4.54. The Labute approximate surface area is 105 Å². The predicted molar refractivity (Wildman–Crippen MR) is 72.3 cm³/mol. The molecule has 18 heavy (non-hydrogen) atoms. The minimum absolute atomic E-state index is 0.726. The fraction of sp³-hybridized carbons (Fsp3) is 0.143. The molecule has 0 unspecified atom stereocenters. The zero-order chi connectivity index (χ0) is 12.7. The van der Waals surface area contributed by atoms with E-state index in [2.05, 4.69) is 23.1 Å². The van der Waals surface area contributed by atoms with Gasteiger partial charge in [-0.2, -0.15) is 0 Å². The molecule has 0 aliphatic rings. The first kappa shape index (κ1) is 10.8. The largest absolute Gasteiger partial charge is 0.397 e. The molecule has 2 aromatic heterocycles. The first-order valence-corrected chi connectivity index (χ1v) is 5.84. The molecular formula is C14H14N4. The van der Waals surface area contributed by atoms with Gasteiger partial charge in [-0.3, -0.25) is 0 Å². The second-order valence-electron chi connectivity index (χ2n) is 4.39. The summed E-state index contributed by atoms with van der Waals surface area (Å²) >= 11 is 0. The van der Waals surface area contributed by atoms with Crippen LogP contribution in [0.4, 0.5) is 5.69 Å². The highest BCUT2D eigenvalue weighted by Crippen LogP contribution is 2.21. The van der Waals surface area contributed by atoms with Crippen molar-refractivity contribution in [2.45, 2.75) is 13.8 Å². The van der Waals surface area contributed by atoms with Crippen molar-refractivity contribution < 1.29 is 0 Å². The van der Waals surface area contributed by atoms with E-state index in [1.54, 1.807) is 4.52 Å². The number of rotatable bonds is 1. The number of pyridine rings is 1. The number of benzene rings is 1. The van der Waals surface area contributed by atoms with E-state index in [0.29, 0.717) is 0 Å². The lowest BCUT2D eigenvalue weighted by molar-refractivity contribution is 0.921. The standard InChI is InChI=1S/C14H14N4/c1-9-5-3-4-6-11(9)14-16-13-8-7-12(15)10(2)18(13)17-14/h3-8H,15H2,1-2H3. The van der Waals surface area contributed by atoms with Crippen molar-refractivity contribution in [3.05, 3.63) is 47.7 Å². The summed E-state index contributed by atoms with van der Waals surface area (Å²) < 4.78 is 1.79. The zero-order valence-corrected chi connectivity index (χ0v) is 10.4. The van der Waals surface area contributed by atoms with Crippen LogP contribution in [0.1, 0.15) is 11.3 Å². The summed E-state index contributed by atoms with van der Waals surface area (Å²) in [6.07, 6.45) is 0. The second-order valence-corrected chi connectivity index (χ2v) is 4.39. The van der Waals surface area contributed by atoms with Gasteiger partial charge in [-0.15, -0.1) is 5.10 Å². The molecule has 4 nitrogen and oxygen atoms in total. The van der Waals surface area contributed by atoms with Crippen molar-refractivity contribution in [3.8, 4) is 11.4 Å². The first-order valence-electron chi connectivity index (χ1n) is 5.84. The minimum Gasteiger partial charge on any atom is -0.397 e. The van der Waals surface area contributed by atoms with E-state index >= 15 is 0 Å². The van der Waals surface area contributed by atoms with Crippen molar-refractivity contribution in [1.82, 2.24) is 14.6 Å². The molecule has 0 bridgehead atoms. The van der Waals surface area contributed by atoms with Crippen LogP contribution < -0.4 is 5.73 Å². The molecule has 90 valence electrons. The van der Waals surface area contributed by atoms with Crippen molar-refractivity contribution >= 4 is 11.3 Å². The van der Waals surface area contributed by atoms with E-state index in [-0.39, 0.29) is 0 Å². The summed E-state index contributed by atoms with van der Waals surface area (Å²) in [5, 5.41) is 4.53. The lowest BCUT2D eigenvalue weighted by atomic mass is 10.1. The van der Waals surface area contributed by atoms with Crippen LogP contribution in [-0.2, 0) is 0 Å². The van der Waals surface area contributed by atoms with E-state index < -0.39 is 0 Å². The van der Waals surface area contributed by atoms with Gasteiger partial charge in [0, 0.05) is 5.56 Å². The Morgan fingerprint density at radius 2 is 1.83 bits per heavy atom. The molecule has 0 aliphatic carbocycles. The van der Waals surface area contributed by atoms with Gasteiger partial charge in [0.2, 0.25) is 0 Å². The van der Waals surface area contributed by atoms with Gasteiger partial charge in [0.05, 0.1) is 11.4 Å². The molecule has 0 amide bonds. The Balaban J connectivity index is 2.26. The van der Waals surface area contributed by atoms with Crippen molar-refractivity contribution in [2.75, 3.05) is 5.73 Å². The number of aryl methyl sites for hydroxylation is 2. The third kappa shape index (κ3) is 1.54. The molecule has 0 radical (unpaired) electrons. The van der Waals surface area contributed by atoms with E-state index in [9.17, 15) is 0 Å². The number of anilines is 1. The van der Waals surface area contributed by atoms with Gasteiger partial charge >= 0.3 is 0 Å². The summed E-state index contributed by atoms with van der Waals surface area (Å²) in [5.41, 5.74) is 10.6. The fourth-order valence-electron chi connectivity index (χ4n) is 2.02. The van der Waals surface area contributed by atoms with Gasteiger partial charge in [0.1, 0.15) is 0 Å². The molecule has 2 N–H and O–H groups in total. The molecule has 0 aliphatic heterocycles. The van der Waals surface area contributed by atoms with Crippen LogP contribution >= 0.6 is 0 Å². The Bertz CT molecular complexity index is 728. The van der Waals surface area contributed by atoms with E-state index in [0.717, 1.165) is 28.4 Å². The molecule has 0 fully saturated rings. The molecular weight excluding hydrogens is 224 g/mol. The van der Waals surface area contributed by atoms with Crippen molar-refractivity contribution in [2.24, 2.45) is 0 Å². The van der Waals surface area contributed by atoms with Gasteiger partial charge in [-0.25, -0.2) is 9.50 Å². The summed E-state index contributed by atoms with van der Waals surface area (Å²) in [6.45, 7) is 4.00. The molecule has 1 aromatic carbocycles. The quantitative estimate of drug-likeness (QED) is 0.709. The zero-order valence-electron chi connectivity index (χ0n) is 10.4. The number of hydrogen-bond donors (Lipinski definition) is 1. The van der Waals surface area contributed by atoms with E-state index in [4.69, 9.17) is 5.73 Å². The first-order chi connectivity index (χ1) is 8.66. The van der Waals surface area contributed by atoms with Crippen LogP contribution in [0.2, 0.25) is 0 Å². The molecule has 3 rings (SSSR count). The van der Waals surface area contributed by atoms with Crippen LogP contribution in [-0.4, -0.2) is 14.6 Å². The number of aromatic nitrogens is 3. The summed E-state index contributed by atoms with van der Waals surface area (Å²) in [7, 11) is 0. The fourth-order valence-corrected chi connectivity index (χ4v) is 2.02. The molecule has 3 aromatic rings. The van der Waals surface area contributed by atoms with Crippen LogP contribution in [0.15, 0.2) is 36.4 Å². The highest BCUT2D eigenvalue weighted by Gasteiger charge is 2.10. The van der Waals surface area contributed by atoms with E-state index in [1.165, 1.54) is 5.56 Å². The Morgan fingerprint density at radius 3 is 2.61 bits per heavy atom. The molecule has 4 heteroatoms. The Morgan fingerprint density at radius 1 is 1.06 bits per heavy atom. The monoisotopic (exact) mass is 238 g/mol. The number of fused-ring (bicyclic) bond motifs is 1. The molecule has 0 saturated carbocycles. The lowest BCUT2D eigenvalue weighted by Crippen LogP contribution is -1.98. The maximum Gasteiger partial charge on any atom is 0.182 e. The smallest absolute Gasteiger partial charge is 0.182 e. The average Bonchev–Trinajstić information content (AvgIpc) is 2.79. The van der Waals surface area contributed by atoms with Crippen LogP contribution in [0, 0.1) is 13.8 Å². The van der Waals surface area contributed by atoms with Gasteiger partial charge in [0.15, 0.2) is 11.5 Å². The van der Waals surface area contributed by atoms with Gasteiger partial charge in [-0.1, -0.05) is 24.3 Å². The van der Waals surface area contributed by atoms with Gasteiger partial charge in [0.25, 0.3) is 0 Å². The SMILES string of the molecule is Cc1ccccc1-c1nc2ccc(N)c(C)n2n1. The predicted octanol–water partition coefficient (Wildman–Crippen LogP) is 2.60. The van der Waals surface area contributed by atoms with Crippen molar-refractivity contribution in [3.63, 3.8) is 0 Å². The number of nitrogens with zero attached hydrogens (tertiary/aromatic N) is 3. The Hall–Kier alpha value is -2.36. The highest BCUT2D eigenvalue weighted by atomic mass is 15.3. The highest BCUT2D eigenvalue weighted by molar-refractivity contribution is 5.63. The van der Waals surface area contributed by atoms with Crippen LogP contribution in [0.5, 0.6) is 0 Å². The van der Waals surface area contributed by atoms with Gasteiger partial charge < -0.3 is 5.73 Å². The molecule has 0 saturated heterocycles. The summed E-state index contributed by atoms with van der Waals surface area (Å²) in [5.74, 6) is 0.738. The van der Waals surface area contributed by atoms with E-state index in [1.807, 2.05) is 37.3 Å². The normalized spacial score (nSPS) is 11.0. The summed E-state index contributed by atoms with van der Waals surface area (Å²) in [6, 6.07) is 11.8. The van der Waals surface area contributed by atoms with Crippen LogP contribution in [0.25, 0.3) is 17.0 Å². The molecule has 0 spiro atoms. The average molecular weight is 238 g/mol. The molecule has 0 atom stereocenters. The third-order valence-electron chi connectivity index (χ3n) is 3.17. The number of hydrogen-bond acceptors (Lipinski definition) is 3. The minimum atomic E-state index is 0.726. The van der Waals surface area contributed by atoms with Crippen molar-refractivity contribution in [1.29, 1.82) is 0 Å². The third-order valence-corrected chi connectivity index (χ3v) is 3.17. The molecule has 2 heterocycles. The second kappa shape index (κ2) is 3.84. The van der Waals surface area contributed by atoms with Crippen LogP contribution in [0.3, 0.4) is 0 Å². The maximum atomic E-state index is 5.88. The maximum absolute atomic E-state index is 5.88. The topological polar surface area (TPSA) is 56.2 Å². The number of nitrogen functional groups attached to an aromatic ring is 1. The Kier molecular flexibility index (Phi) is 2.30.